The highest BCUT2D eigenvalue weighted by atomic mass is 32.1. The first kappa shape index (κ1) is 17.3. The summed E-state index contributed by atoms with van der Waals surface area (Å²) in [4.78, 5) is 5.20. The number of aromatic nitrogens is 2. The molecule has 6 heteroatoms. The molecule has 0 spiro atoms. The maximum atomic E-state index is 5.60. The van der Waals surface area contributed by atoms with Gasteiger partial charge in [-0.25, -0.2) is 0 Å². The van der Waals surface area contributed by atoms with Crippen LogP contribution in [0.1, 0.15) is 16.5 Å². The zero-order valence-corrected chi connectivity index (χ0v) is 16.0. The van der Waals surface area contributed by atoms with Crippen LogP contribution in [0.4, 0.5) is 0 Å². The highest BCUT2D eigenvalue weighted by Gasteiger charge is 2.26. The minimum absolute atomic E-state index is 0.323. The van der Waals surface area contributed by atoms with Gasteiger partial charge in [0.25, 0.3) is 0 Å². The van der Waals surface area contributed by atoms with Gasteiger partial charge in [0.1, 0.15) is 5.75 Å². The minimum Gasteiger partial charge on any atom is -0.496 e. The van der Waals surface area contributed by atoms with Crippen LogP contribution in [0.15, 0.2) is 48.8 Å². The van der Waals surface area contributed by atoms with Crippen molar-refractivity contribution in [3.05, 3.63) is 59.2 Å². The number of nitrogens with one attached hydrogen (secondary N) is 1. The van der Waals surface area contributed by atoms with Crippen LogP contribution in [-0.2, 0) is 13.6 Å². The van der Waals surface area contributed by atoms with E-state index in [9.17, 15) is 0 Å². The molecule has 0 amide bonds. The van der Waals surface area contributed by atoms with Crippen molar-refractivity contribution < 1.29 is 4.74 Å². The molecule has 5 nitrogen and oxygen atoms in total. The standard InChI is InChI=1S/C20H24N4OS/c1-23-13-15(11-22-23)20-8-7-16(26-20)14-24-10-9-21-12-18(24)17-5-3-4-6-19(17)25-2/h3-8,11,13,18,21H,9-10,12,14H2,1-2H3. The molecule has 0 aliphatic carbocycles. The van der Waals surface area contributed by atoms with Gasteiger partial charge >= 0.3 is 0 Å². The third kappa shape index (κ3) is 3.53. The number of methoxy groups -OCH3 is 1. The summed E-state index contributed by atoms with van der Waals surface area (Å²) >= 11 is 1.85. The van der Waals surface area contributed by atoms with Gasteiger partial charge in [-0.1, -0.05) is 18.2 Å². The third-order valence-electron chi connectivity index (χ3n) is 4.86. The van der Waals surface area contributed by atoms with Crippen molar-refractivity contribution in [3.8, 4) is 16.2 Å². The first-order chi connectivity index (χ1) is 12.7. The van der Waals surface area contributed by atoms with Gasteiger partial charge in [-0.05, 0) is 18.2 Å². The average molecular weight is 369 g/mol. The summed E-state index contributed by atoms with van der Waals surface area (Å²) in [5, 5.41) is 7.81. The van der Waals surface area contributed by atoms with Crippen LogP contribution in [0, 0.1) is 0 Å². The van der Waals surface area contributed by atoms with Crippen LogP contribution in [0.3, 0.4) is 0 Å². The van der Waals surface area contributed by atoms with Gasteiger partial charge in [0.15, 0.2) is 0 Å². The lowest BCUT2D eigenvalue weighted by Crippen LogP contribution is -2.45. The fourth-order valence-corrected chi connectivity index (χ4v) is 4.56. The number of hydrogen-bond donors (Lipinski definition) is 1. The molecule has 1 N–H and O–H groups in total. The van der Waals surface area contributed by atoms with Crippen LogP contribution in [-0.4, -0.2) is 41.4 Å². The lowest BCUT2D eigenvalue weighted by Gasteiger charge is -2.36. The highest BCUT2D eigenvalue weighted by molar-refractivity contribution is 7.15. The Hall–Kier alpha value is -2.15. The second-order valence-corrected chi connectivity index (χ2v) is 7.77. The van der Waals surface area contributed by atoms with Crippen molar-refractivity contribution >= 4 is 11.3 Å². The van der Waals surface area contributed by atoms with Crippen molar-refractivity contribution in [1.29, 1.82) is 0 Å². The number of rotatable bonds is 5. The molecule has 1 saturated heterocycles. The van der Waals surface area contributed by atoms with Crippen molar-refractivity contribution in [2.24, 2.45) is 7.05 Å². The molecule has 0 saturated carbocycles. The third-order valence-corrected chi connectivity index (χ3v) is 5.98. The van der Waals surface area contributed by atoms with Crippen LogP contribution in [0.2, 0.25) is 0 Å². The number of benzene rings is 1. The summed E-state index contributed by atoms with van der Waals surface area (Å²) < 4.78 is 7.45. The van der Waals surface area contributed by atoms with Crippen molar-refractivity contribution in [2.75, 3.05) is 26.7 Å². The first-order valence-electron chi connectivity index (χ1n) is 8.90. The molecule has 26 heavy (non-hydrogen) atoms. The molecule has 1 aliphatic heterocycles. The second-order valence-electron chi connectivity index (χ2n) is 6.60. The van der Waals surface area contributed by atoms with E-state index in [0.717, 1.165) is 31.9 Å². The maximum Gasteiger partial charge on any atom is 0.123 e. The molecule has 136 valence electrons. The van der Waals surface area contributed by atoms with Crippen molar-refractivity contribution in [3.63, 3.8) is 0 Å². The van der Waals surface area contributed by atoms with Crippen molar-refractivity contribution in [1.82, 2.24) is 20.0 Å². The van der Waals surface area contributed by atoms with E-state index in [-0.39, 0.29) is 0 Å². The van der Waals surface area contributed by atoms with E-state index >= 15 is 0 Å². The smallest absolute Gasteiger partial charge is 0.123 e. The Balaban J connectivity index is 1.55. The Morgan fingerprint density at radius 2 is 2.15 bits per heavy atom. The predicted octanol–water partition coefficient (Wildman–Crippen LogP) is 3.30. The maximum absolute atomic E-state index is 5.60. The van der Waals surface area contributed by atoms with E-state index < -0.39 is 0 Å². The monoisotopic (exact) mass is 368 g/mol. The largest absolute Gasteiger partial charge is 0.496 e. The molecule has 3 heterocycles. The number of nitrogens with zero attached hydrogens (tertiary/aromatic N) is 3. The van der Waals surface area contributed by atoms with E-state index in [0.29, 0.717) is 6.04 Å². The number of ether oxygens (including phenoxy) is 1. The fraction of sp³-hybridized carbons (Fsp3) is 0.350. The topological polar surface area (TPSA) is 42.3 Å². The average Bonchev–Trinajstić information content (AvgIpc) is 3.31. The summed E-state index contributed by atoms with van der Waals surface area (Å²) in [7, 11) is 3.70. The van der Waals surface area contributed by atoms with Gasteiger partial charge in [-0.2, -0.15) is 5.10 Å². The summed E-state index contributed by atoms with van der Waals surface area (Å²) in [5.74, 6) is 0.966. The molecular weight excluding hydrogens is 344 g/mol. The molecule has 1 aliphatic rings. The van der Waals surface area contributed by atoms with Gasteiger partial charge < -0.3 is 10.1 Å². The Morgan fingerprint density at radius 3 is 2.96 bits per heavy atom. The van der Waals surface area contributed by atoms with Gasteiger partial charge in [0.2, 0.25) is 0 Å². The number of thiophene rings is 1. The Kier molecular flexibility index (Phi) is 5.06. The first-order valence-corrected chi connectivity index (χ1v) is 9.71. The van der Waals surface area contributed by atoms with Crippen LogP contribution in [0.25, 0.3) is 10.4 Å². The Morgan fingerprint density at radius 1 is 1.27 bits per heavy atom. The highest BCUT2D eigenvalue weighted by Crippen LogP contribution is 2.33. The van der Waals surface area contributed by atoms with Crippen LogP contribution < -0.4 is 10.1 Å². The van der Waals surface area contributed by atoms with E-state index in [1.807, 2.05) is 41.4 Å². The number of hydrogen-bond acceptors (Lipinski definition) is 5. The molecule has 2 aromatic heterocycles. The second kappa shape index (κ2) is 7.61. The molecule has 3 aromatic rings. The van der Waals surface area contributed by atoms with Crippen LogP contribution in [0.5, 0.6) is 5.75 Å². The fourth-order valence-electron chi connectivity index (χ4n) is 3.55. The normalized spacial score (nSPS) is 18.2. The Bertz CT molecular complexity index is 872. The van der Waals surface area contributed by atoms with E-state index in [1.54, 1.807) is 7.11 Å². The van der Waals surface area contributed by atoms with Gasteiger partial charge in [0, 0.05) is 60.3 Å². The van der Waals surface area contributed by atoms with Crippen LogP contribution >= 0.6 is 11.3 Å². The van der Waals surface area contributed by atoms with E-state index in [1.165, 1.54) is 20.9 Å². The summed E-state index contributed by atoms with van der Waals surface area (Å²) in [5.41, 5.74) is 2.44. The number of para-hydroxylation sites is 1. The molecular formula is C20H24N4OS. The molecule has 1 fully saturated rings. The van der Waals surface area contributed by atoms with E-state index in [2.05, 4.69) is 45.8 Å². The summed E-state index contributed by atoms with van der Waals surface area (Å²) in [6, 6.07) is 13.1. The zero-order valence-electron chi connectivity index (χ0n) is 15.2. The van der Waals surface area contributed by atoms with Gasteiger partial charge in [0.05, 0.1) is 19.3 Å². The van der Waals surface area contributed by atoms with E-state index in [4.69, 9.17) is 4.74 Å². The van der Waals surface area contributed by atoms with Gasteiger partial charge in [-0.15, -0.1) is 11.3 Å². The molecule has 1 aromatic carbocycles. The Labute approximate surface area is 158 Å². The predicted molar refractivity (Wildman–Crippen MR) is 106 cm³/mol. The zero-order chi connectivity index (χ0) is 17.9. The minimum atomic E-state index is 0.323. The molecule has 0 radical (unpaired) electrons. The molecule has 1 unspecified atom stereocenters. The summed E-state index contributed by atoms with van der Waals surface area (Å²) in [6.45, 7) is 3.95. The molecule has 0 bridgehead atoms. The molecule has 1 atom stereocenters. The lowest BCUT2D eigenvalue weighted by atomic mass is 10.0. The number of piperazine rings is 1. The SMILES string of the molecule is COc1ccccc1C1CNCCN1Cc1ccc(-c2cnn(C)c2)s1. The van der Waals surface area contributed by atoms with Crippen molar-refractivity contribution in [2.45, 2.75) is 12.6 Å². The summed E-state index contributed by atoms with van der Waals surface area (Å²) in [6.07, 6.45) is 4.00. The lowest BCUT2D eigenvalue weighted by molar-refractivity contribution is 0.152. The number of aryl methyl sites for hydroxylation is 1. The van der Waals surface area contributed by atoms with Gasteiger partial charge in [-0.3, -0.25) is 9.58 Å². The molecule has 4 rings (SSSR count). The quantitative estimate of drug-likeness (QED) is 0.750.